The molecule has 0 saturated carbocycles. The lowest BCUT2D eigenvalue weighted by Crippen LogP contribution is -2.44. The number of nitrogens with two attached hydrogens (primary N) is 1. The number of rotatable bonds is 9. The van der Waals surface area contributed by atoms with E-state index in [1.54, 1.807) is 23.7 Å². The van der Waals surface area contributed by atoms with Gasteiger partial charge < -0.3 is 26.0 Å². The number of hydrogen-bond acceptors (Lipinski definition) is 12. The van der Waals surface area contributed by atoms with Gasteiger partial charge in [0.25, 0.3) is 5.91 Å². The zero-order valence-electron chi connectivity index (χ0n) is 23.8. The molecule has 0 radical (unpaired) electrons. The third-order valence-corrected chi connectivity index (χ3v) is 7.24. The average Bonchev–Trinajstić information content (AvgIpc) is 3.64. The number of anilines is 3. The summed E-state index contributed by atoms with van der Waals surface area (Å²) in [5.74, 6) is 1.85. The van der Waals surface area contributed by atoms with Crippen molar-refractivity contribution >= 4 is 51.7 Å². The second-order valence-corrected chi connectivity index (χ2v) is 11.4. The van der Waals surface area contributed by atoms with Crippen LogP contribution in [0.2, 0.25) is 0 Å². The third kappa shape index (κ3) is 8.88. The fourth-order valence-corrected chi connectivity index (χ4v) is 4.97. The predicted octanol–water partition coefficient (Wildman–Crippen LogP) is 4.29. The van der Waals surface area contributed by atoms with E-state index in [-0.39, 0.29) is 24.3 Å². The van der Waals surface area contributed by atoms with Gasteiger partial charge in [-0.15, -0.1) is 24.0 Å². The number of pyridine rings is 1. The minimum Gasteiger partial charge on any atom is -0.399 e. The number of amides is 1. The third-order valence-electron chi connectivity index (χ3n) is 5.97. The molecule has 4 heterocycles. The second-order valence-electron chi connectivity index (χ2n) is 10.1. The van der Waals surface area contributed by atoms with Crippen LogP contribution in [0.4, 0.5) is 16.9 Å². The molecule has 1 aliphatic heterocycles. The van der Waals surface area contributed by atoms with E-state index in [1.165, 1.54) is 23.7 Å². The van der Waals surface area contributed by atoms with Crippen LogP contribution in [-0.2, 0) is 0 Å². The number of carbonyl (C=O) groups excluding carboxylic acids is 1. The molecule has 4 N–H and O–H groups in total. The monoisotopic (exact) mass is 595 g/mol. The fourth-order valence-electron chi connectivity index (χ4n) is 3.99. The van der Waals surface area contributed by atoms with Crippen LogP contribution in [-0.4, -0.2) is 68.1 Å². The molecular formula is C28H37N9O2S2. The highest BCUT2D eigenvalue weighted by atomic mass is 32.1. The molecule has 0 bridgehead atoms. The first-order valence-electron chi connectivity index (χ1n) is 13.4. The molecular weight excluding hydrogens is 559 g/mol. The van der Waals surface area contributed by atoms with Crippen LogP contribution in [0.1, 0.15) is 62.2 Å². The van der Waals surface area contributed by atoms with Gasteiger partial charge in [0.05, 0.1) is 40.7 Å². The van der Waals surface area contributed by atoms with E-state index in [9.17, 15) is 4.79 Å². The number of thiazole rings is 1. The van der Waals surface area contributed by atoms with Crippen molar-refractivity contribution in [3.63, 3.8) is 0 Å². The van der Waals surface area contributed by atoms with Gasteiger partial charge in [-0.2, -0.15) is 5.26 Å². The summed E-state index contributed by atoms with van der Waals surface area (Å²) >= 11 is 5.66. The number of thiol groups is 1. The molecule has 13 heteroatoms. The quantitative estimate of drug-likeness (QED) is 0.263. The second kappa shape index (κ2) is 15.3. The maximum atomic E-state index is 13.3. The van der Waals surface area contributed by atoms with Crippen LogP contribution in [0, 0.1) is 17.2 Å². The Morgan fingerprint density at radius 1 is 1.29 bits per heavy atom. The summed E-state index contributed by atoms with van der Waals surface area (Å²) in [5.41, 5.74) is 7.44. The minimum absolute atomic E-state index is 0.0214. The highest BCUT2D eigenvalue weighted by Crippen LogP contribution is 2.27. The van der Waals surface area contributed by atoms with E-state index in [4.69, 9.17) is 16.1 Å². The summed E-state index contributed by atoms with van der Waals surface area (Å²) in [6, 6.07) is 5.53. The molecule has 1 aliphatic rings. The number of hydrogen-bond donors (Lipinski definition) is 4. The molecule has 218 valence electrons. The number of likely N-dealkylation sites (tertiary alicyclic amines) is 1. The molecule has 0 spiro atoms. The molecule has 11 nitrogen and oxygen atoms in total. The van der Waals surface area contributed by atoms with Crippen LogP contribution in [0.5, 0.6) is 0 Å². The standard InChI is InChI=1S/C24H27N9O2S2.C4H10/c1-2-32(23-28-9-15(8-25)10-29-23)12-17-4-3-7-33(17)22(35)16-5-6-20(27-11-16)31-24-30-19(14-37-24)21(36)18(26)13-34;1-4(2)3/h5-6,9-11,14,17,34,36H,2-4,7,12-13,26H2,1H3,(H,27,30,31);4H,1-3H3/b21-18-;/t17-;/m0./s1. The van der Waals surface area contributed by atoms with Crippen molar-refractivity contribution in [2.75, 3.05) is 36.5 Å². The van der Waals surface area contributed by atoms with Crippen molar-refractivity contribution in [1.82, 2.24) is 24.8 Å². The molecule has 0 unspecified atom stereocenters. The van der Waals surface area contributed by atoms with Crippen LogP contribution in [0.3, 0.4) is 0 Å². The molecule has 0 aliphatic carbocycles. The first-order chi connectivity index (χ1) is 19.7. The molecule has 0 aromatic carbocycles. The van der Waals surface area contributed by atoms with Gasteiger partial charge in [-0.25, -0.2) is 19.9 Å². The maximum absolute atomic E-state index is 13.3. The lowest BCUT2D eigenvalue weighted by molar-refractivity contribution is 0.0739. The number of aromatic nitrogens is 4. The smallest absolute Gasteiger partial charge is 0.255 e. The highest BCUT2D eigenvalue weighted by Gasteiger charge is 2.31. The zero-order chi connectivity index (χ0) is 29.9. The molecule has 3 aromatic heterocycles. The Labute approximate surface area is 250 Å². The first kappa shape index (κ1) is 31.8. The van der Waals surface area contributed by atoms with Gasteiger partial charge in [0.2, 0.25) is 5.95 Å². The van der Waals surface area contributed by atoms with E-state index in [0.717, 1.165) is 18.8 Å². The highest BCUT2D eigenvalue weighted by molar-refractivity contribution is 7.90. The minimum atomic E-state index is -0.298. The summed E-state index contributed by atoms with van der Waals surface area (Å²) in [6.07, 6.45) is 6.39. The van der Waals surface area contributed by atoms with Gasteiger partial charge in [0.1, 0.15) is 11.9 Å². The summed E-state index contributed by atoms with van der Waals surface area (Å²) in [4.78, 5) is 35.0. The zero-order valence-corrected chi connectivity index (χ0v) is 25.5. The van der Waals surface area contributed by atoms with E-state index in [2.05, 4.69) is 58.7 Å². The van der Waals surface area contributed by atoms with Crippen LogP contribution in [0.25, 0.3) is 4.91 Å². The van der Waals surface area contributed by atoms with E-state index >= 15 is 0 Å². The van der Waals surface area contributed by atoms with E-state index < -0.39 is 0 Å². The Morgan fingerprint density at radius 2 is 2.00 bits per heavy atom. The van der Waals surface area contributed by atoms with Gasteiger partial charge in [0.15, 0.2) is 5.13 Å². The number of aliphatic hydroxyl groups is 1. The topological polar surface area (TPSA) is 157 Å². The van der Waals surface area contributed by atoms with Crippen LogP contribution >= 0.6 is 24.0 Å². The molecule has 1 amide bonds. The Kier molecular flexibility index (Phi) is 11.9. The molecule has 1 fully saturated rings. The van der Waals surface area contributed by atoms with Crippen molar-refractivity contribution in [2.24, 2.45) is 11.7 Å². The van der Waals surface area contributed by atoms with Crippen LogP contribution < -0.4 is 16.0 Å². The van der Waals surface area contributed by atoms with Crippen molar-refractivity contribution in [3.8, 4) is 6.07 Å². The SMILES string of the molecule is CC(C)C.CCN(C[C@@H]1CCCN1C(=O)c1ccc(Nc2nc(/C(S)=C(/N)CO)cs2)nc1)c1ncc(C#N)cn1. The van der Waals surface area contributed by atoms with Crippen molar-refractivity contribution in [3.05, 3.63) is 58.6 Å². The Balaban J connectivity index is 0.00000108. The molecule has 41 heavy (non-hydrogen) atoms. The predicted molar refractivity (Wildman–Crippen MR) is 166 cm³/mol. The van der Waals surface area contributed by atoms with Gasteiger partial charge >= 0.3 is 0 Å². The van der Waals surface area contributed by atoms with Crippen molar-refractivity contribution in [2.45, 2.75) is 46.6 Å². The Bertz CT molecular complexity index is 1350. The number of nitriles is 1. The molecule has 1 atom stereocenters. The first-order valence-corrected chi connectivity index (χ1v) is 14.7. The van der Waals surface area contributed by atoms with Crippen molar-refractivity contribution in [1.29, 1.82) is 5.26 Å². The Hall–Kier alpha value is -3.73. The van der Waals surface area contributed by atoms with E-state index in [0.29, 0.717) is 58.3 Å². The summed E-state index contributed by atoms with van der Waals surface area (Å²) in [6.45, 7) is 10.2. The number of likely N-dealkylation sites (N-methyl/N-ethyl adjacent to an activating group) is 1. The largest absolute Gasteiger partial charge is 0.399 e. The molecule has 3 aromatic rings. The molecule has 4 rings (SSSR count). The lowest BCUT2D eigenvalue weighted by Gasteiger charge is -2.30. The summed E-state index contributed by atoms with van der Waals surface area (Å²) in [7, 11) is 0. The van der Waals surface area contributed by atoms with Gasteiger partial charge in [0, 0.05) is 43.0 Å². The van der Waals surface area contributed by atoms with Gasteiger partial charge in [-0.1, -0.05) is 20.8 Å². The number of nitrogens with zero attached hydrogens (tertiary/aromatic N) is 7. The Morgan fingerprint density at radius 3 is 2.59 bits per heavy atom. The summed E-state index contributed by atoms with van der Waals surface area (Å²) < 4.78 is 0. The number of aliphatic hydroxyl groups excluding tert-OH is 1. The van der Waals surface area contributed by atoms with Gasteiger partial charge in [-0.3, -0.25) is 4.79 Å². The number of nitrogens with one attached hydrogen (secondary N) is 1. The molecule has 1 saturated heterocycles. The van der Waals surface area contributed by atoms with Crippen molar-refractivity contribution < 1.29 is 9.90 Å². The van der Waals surface area contributed by atoms with E-state index in [1.807, 2.05) is 22.8 Å². The number of carbonyl (C=O) groups is 1. The average molecular weight is 596 g/mol. The van der Waals surface area contributed by atoms with Crippen LogP contribution in [0.15, 0.2) is 41.8 Å². The lowest BCUT2D eigenvalue weighted by atomic mass is 10.2. The summed E-state index contributed by atoms with van der Waals surface area (Å²) in [5, 5.41) is 23.6. The van der Waals surface area contributed by atoms with Gasteiger partial charge in [-0.05, 0) is 37.8 Å². The maximum Gasteiger partial charge on any atom is 0.255 e. The normalized spacial score (nSPS) is 15.1. The fraction of sp³-hybridized carbons (Fsp3) is 0.429.